The summed E-state index contributed by atoms with van der Waals surface area (Å²) in [5, 5.41) is 4.29. The lowest BCUT2D eigenvalue weighted by Crippen LogP contribution is -2.18. The van der Waals surface area contributed by atoms with Gasteiger partial charge in [0, 0.05) is 23.7 Å². The van der Waals surface area contributed by atoms with Gasteiger partial charge in [-0.05, 0) is 24.1 Å². The second-order valence-corrected chi connectivity index (χ2v) is 4.69. The quantitative estimate of drug-likeness (QED) is 0.863. The number of fused-ring (bicyclic) bond motifs is 1. The Morgan fingerprint density at radius 1 is 1.38 bits per heavy atom. The molecule has 1 aromatic carbocycles. The molecule has 2 unspecified atom stereocenters. The molecule has 2 atom stereocenters. The third kappa shape index (κ3) is 2.24. The molecule has 0 fully saturated rings. The van der Waals surface area contributed by atoms with Crippen molar-refractivity contribution >= 4 is 11.6 Å². The third-order valence-corrected chi connectivity index (χ3v) is 3.38. The Bertz CT molecular complexity index is 367. The summed E-state index contributed by atoms with van der Waals surface area (Å²) >= 11 is 6.05. The van der Waals surface area contributed by atoms with Crippen molar-refractivity contribution in [2.24, 2.45) is 0 Å². The van der Waals surface area contributed by atoms with Gasteiger partial charge < -0.3 is 4.74 Å². The van der Waals surface area contributed by atoms with Crippen LogP contribution in [0.15, 0.2) is 18.2 Å². The summed E-state index contributed by atoms with van der Waals surface area (Å²) in [6.07, 6.45) is 3.60. The summed E-state index contributed by atoms with van der Waals surface area (Å²) in [5.74, 6) is 0. The highest BCUT2D eigenvalue weighted by Gasteiger charge is 2.29. The first-order valence-electron chi connectivity index (χ1n) is 5.84. The molecule has 0 saturated carbocycles. The minimum absolute atomic E-state index is 0.0223. The standard InChI is InChI=1S/C13H18ClNO/c1-3-4-5-12-11-8-9(14)6-7-10(11)13(15-12)16-2/h6-8,12-13,15H,3-5H2,1-2H3. The Hall–Kier alpha value is -0.570. The highest BCUT2D eigenvalue weighted by atomic mass is 35.5. The van der Waals surface area contributed by atoms with Crippen LogP contribution in [0.3, 0.4) is 0 Å². The summed E-state index contributed by atoms with van der Waals surface area (Å²) in [5.41, 5.74) is 2.53. The van der Waals surface area contributed by atoms with Crippen molar-refractivity contribution in [3.63, 3.8) is 0 Å². The number of hydrogen-bond acceptors (Lipinski definition) is 2. The molecule has 3 heteroatoms. The van der Waals surface area contributed by atoms with Crippen LogP contribution in [0.4, 0.5) is 0 Å². The van der Waals surface area contributed by atoms with E-state index < -0.39 is 0 Å². The average Bonchev–Trinajstić information content (AvgIpc) is 2.64. The number of hydrogen-bond donors (Lipinski definition) is 1. The summed E-state index contributed by atoms with van der Waals surface area (Å²) in [4.78, 5) is 0. The molecule has 0 amide bonds. The largest absolute Gasteiger partial charge is 0.362 e. The summed E-state index contributed by atoms with van der Waals surface area (Å²) in [6, 6.07) is 6.43. The van der Waals surface area contributed by atoms with E-state index in [9.17, 15) is 0 Å². The van der Waals surface area contributed by atoms with Gasteiger partial charge in [0.15, 0.2) is 0 Å². The zero-order chi connectivity index (χ0) is 11.5. The topological polar surface area (TPSA) is 21.3 Å². The smallest absolute Gasteiger partial charge is 0.134 e. The number of rotatable bonds is 4. The lowest BCUT2D eigenvalue weighted by Gasteiger charge is -2.13. The average molecular weight is 240 g/mol. The number of nitrogens with one attached hydrogen (secondary N) is 1. The molecule has 0 spiro atoms. The Kier molecular flexibility index (Phi) is 3.85. The zero-order valence-corrected chi connectivity index (χ0v) is 10.6. The van der Waals surface area contributed by atoms with E-state index in [2.05, 4.69) is 24.4 Å². The van der Waals surface area contributed by atoms with E-state index in [1.54, 1.807) is 7.11 Å². The highest BCUT2D eigenvalue weighted by molar-refractivity contribution is 6.30. The van der Waals surface area contributed by atoms with Crippen LogP contribution in [0.5, 0.6) is 0 Å². The third-order valence-electron chi connectivity index (χ3n) is 3.14. The van der Waals surface area contributed by atoms with Crippen LogP contribution in [-0.4, -0.2) is 7.11 Å². The van der Waals surface area contributed by atoms with Gasteiger partial charge in [-0.3, -0.25) is 5.32 Å². The van der Waals surface area contributed by atoms with Crippen molar-refractivity contribution in [3.8, 4) is 0 Å². The Morgan fingerprint density at radius 3 is 2.88 bits per heavy atom. The predicted molar refractivity (Wildman–Crippen MR) is 66.6 cm³/mol. The van der Waals surface area contributed by atoms with Crippen LogP contribution in [0, 0.1) is 0 Å². The summed E-state index contributed by atoms with van der Waals surface area (Å²) in [7, 11) is 1.73. The number of benzene rings is 1. The molecular formula is C13H18ClNO. The lowest BCUT2D eigenvalue weighted by molar-refractivity contribution is 0.0749. The molecule has 0 saturated heterocycles. The molecular weight excluding hydrogens is 222 g/mol. The first kappa shape index (κ1) is 11.9. The predicted octanol–water partition coefficient (Wildman–Crippen LogP) is 3.82. The van der Waals surface area contributed by atoms with Gasteiger partial charge in [-0.1, -0.05) is 37.4 Å². The normalized spacial score (nSPS) is 23.4. The molecule has 0 radical (unpaired) electrons. The Morgan fingerprint density at radius 2 is 2.19 bits per heavy atom. The molecule has 0 aliphatic carbocycles. The van der Waals surface area contributed by atoms with E-state index >= 15 is 0 Å². The molecule has 88 valence electrons. The van der Waals surface area contributed by atoms with E-state index in [4.69, 9.17) is 16.3 Å². The minimum atomic E-state index is 0.0223. The van der Waals surface area contributed by atoms with Crippen molar-refractivity contribution in [2.45, 2.75) is 38.5 Å². The van der Waals surface area contributed by atoms with Crippen molar-refractivity contribution in [1.29, 1.82) is 0 Å². The van der Waals surface area contributed by atoms with Gasteiger partial charge in [0.05, 0.1) is 0 Å². The van der Waals surface area contributed by atoms with E-state index in [1.807, 2.05) is 6.07 Å². The maximum absolute atomic E-state index is 6.05. The summed E-state index contributed by atoms with van der Waals surface area (Å²) in [6.45, 7) is 2.21. The number of methoxy groups -OCH3 is 1. The fourth-order valence-corrected chi connectivity index (χ4v) is 2.47. The number of halogens is 1. The highest BCUT2D eigenvalue weighted by Crippen LogP contribution is 2.37. The molecule has 2 nitrogen and oxygen atoms in total. The van der Waals surface area contributed by atoms with Crippen LogP contribution in [-0.2, 0) is 4.74 Å². The molecule has 1 aromatic rings. The summed E-state index contributed by atoms with van der Waals surface area (Å²) < 4.78 is 5.43. The van der Waals surface area contributed by atoms with Crippen molar-refractivity contribution < 1.29 is 4.74 Å². The second kappa shape index (κ2) is 5.17. The van der Waals surface area contributed by atoms with E-state index in [-0.39, 0.29) is 6.23 Å². The van der Waals surface area contributed by atoms with Crippen LogP contribution in [0.2, 0.25) is 5.02 Å². The minimum Gasteiger partial charge on any atom is -0.362 e. The van der Waals surface area contributed by atoms with Gasteiger partial charge in [0.2, 0.25) is 0 Å². The van der Waals surface area contributed by atoms with Gasteiger partial charge >= 0.3 is 0 Å². The Labute approximate surface area is 102 Å². The monoisotopic (exact) mass is 239 g/mol. The van der Waals surface area contributed by atoms with Crippen molar-refractivity contribution in [3.05, 3.63) is 34.3 Å². The maximum Gasteiger partial charge on any atom is 0.134 e. The zero-order valence-electron chi connectivity index (χ0n) is 9.79. The van der Waals surface area contributed by atoms with Crippen LogP contribution in [0.25, 0.3) is 0 Å². The van der Waals surface area contributed by atoms with Gasteiger partial charge in [-0.25, -0.2) is 0 Å². The molecule has 1 aliphatic rings. The molecule has 1 N–H and O–H groups in total. The fraction of sp³-hybridized carbons (Fsp3) is 0.538. The van der Waals surface area contributed by atoms with Gasteiger partial charge in [0.25, 0.3) is 0 Å². The van der Waals surface area contributed by atoms with Crippen molar-refractivity contribution in [2.75, 3.05) is 7.11 Å². The second-order valence-electron chi connectivity index (χ2n) is 4.25. The first-order valence-corrected chi connectivity index (χ1v) is 6.22. The fourth-order valence-electron chi connectivity index (χ4n) is 2.29. The SMILES string of the molecule is CCCCC1NC(OC)c2ccc(Cl)cc21. The molecule has 1 aliphatic heterocycles. The van der Waals surface area contributed by atoms with Crippen LogP contribution >= 0.6 is 11.6 Å². The number of unbranched alkanes of at least 4 members (excludes halogenated alkanes) is 1. The first-order chi connectivity index (χ1) is 7.76. The molecule has 1 heterocycles. The lowest BCUT2D eigenvalue weighted by atomic mass is 10.0. The van der Waals surface area contributed by atoms with E-state index in [1.165, 1.54) is 24.0 Å². The van der Waals surface area contributed by atoms with Crippen LogP contribution in [0.1, 0.15) is 49.6 Å². The Balaban J connectivity index is 2.24. The van der Waals surface area contributed by atoms with E-state index in [0.29, 0.717) is 6.04 Å². The molecule has 16 heavy (non-hydrogen) atoms. The number of ether oxygens (including phenoxy) is 1. The molecule has 0 bridgehead atoms. The van der Waals surface area contributed by atoms with Crippen molar-refractivity contribution in [1.82, 2.24) is 5.32 Å². The van der Waals surface area contributed by atoms with Gasteiger partial charge in [-0.2, -0.15) is 0 Å². The van der Waals surface area contributed by atoms with E-state index in [0.717, 1.165) is 11.4 Å². The van der Waals surface area contributed by atoms with Crippen LogP contribution < -0.4 is 5.32 Å². The molecule has 2 rings (SSSR count). The van der Waals surface area contributed by atoms with Gasteiger partial charge in [0.1, 0.15) is 6.23 Å². The maximum atomic E-state index is 6.05. The molecule has 0 aromatic heterocycles. The van der Waals surface area contributed by atoms with Gasteiger partial charge in [-0.15, -0.1) is 0 Å².